The van der Waals surface area contributed by atoms with E-state index in [4.69, 9.17) is 4.74 Å². The van der Waals surface area contributed by atoms with Crippen LogP contribution in [-0.2, 0) is 6.42 Å². The minimum atomic E-state index is 0.285. The Labute approximate surface area is 126 Å². The lowest BCUT2D eigenvalue weighted by Gasteiger charge is -2.18. The highest BCUT2D eigenvalue weighted by atomic mass is 16.5. The van der Waals surface area contributed by atoms with Gasteiger partial charge in [-0.1, -0.05) is 19.1 Å². The average molecular weight is 282 g/mol. The molecule has 0 spiro atoms. The van der Waals surface area contributed by atoms with Crippen molar-refractivity contribution in [2.45, 2.75) is 39.2 Å². The van der Waals surface area contributed by atoms with Crippen molar-refractivity contribution in [1.82, 2.24) is 4.98 Å². The lowest BCUT2D eigenvalue weighted by molar-refractivity contribution is 0.318. The fraction of sp³-hybridized carbons (Fsp3) is 0.389. The van der Waals surface area contributed by atoms with Crippen LogP contribution in [0.25, 0.3) is 0 Å². The Bertz CT molecular complexity index is 624. The molecule has 1 aliphatic rings. The lowest BCUT2D eigenvalue weighted by Crippen LogP contribution is -2.10. The molecule has 2 aromatic rings. The summed E-state index contributed by atoms with van der Waals surface area (Å²) in [5.74, 6) is 0.946. The first-order valence-electron chi connectivity index (χ1n) is 7.71. The van der Waals surface area contributed by atoms with E-state index in [9.17, 15) is 0 Å². The Morgan fingerprint density at radius 1 is 1.33 bits per heavy atom. The standard InChI is InChI=1S/C18H22N2O/c1-3-11-21-17-12-13(2)6-8-15(17)20-16-9-7-14-5-4-10-19-18(14)16/h4-6,8,10,12,16,20H,3,7,9,11H2,1-2H3. The molecule has 21 heavy (non-hydrogen) atoms. The molecule has 3 rings (SSSR count). The van der Waals surface area contributed by atoms with Gasteiger partial charge in [-0.15, -0.1) is 0 Å². The second-order valence-electron chi connectivity index (χ2n) is 5.63. The van der Waals surface area contributed by atoms with Gasteiger partial charge in [0, 0.05) is 6.20 Å². The number of nitrogens with zero attached hydrogens (tertiary/aromatic N) is 1. The molecule has 0 bridgehead atoms. The second kappa shape index (κ2) is 6.17. The number of ether oxygens (including phenoxy) is 1. The fourth-order valence-electron chi connectivity index (χ4n) is 2.82. The van der Waals surface area contributed by atoms with E-state index in [2.05, 4.69) is 48.4 Å². The van der Waals surface area contributed by atoms with Gasteiger partial charge < -0.3 is 10.1 Å². The molecule has 1 atom stereocenters. The first-order chi connectivity index (χ1) is 10.3. The number of hydrogen-bond donors (Lipinski definition) is 1. The van der Waals surface area contributed by atoms with Gasteiger partial charge in [0.2, 0.25) is 0 Å². The Kier molecular flexibility index (Phi) is 4.09. The Morgan fingerprint density at radius 2 is 2.24 bits per heavy atom. The van der Waals surface area contributed by atoms with Crippen LogP contribution in [0, 0.1) is 6.92 Å². The predicted octanol–water partition coefficient (Wildman–Crippen LogP) is 4.28. The van der Waals surface area contributed by atoms with Crippen LogP contribution in [-0.4, -0.2) is 11.6 Å². The molecule has 1 unspecified atom stereocenters. The van der Waals surface area contributed by atoms with Crippen LogP contribution in [0.3, 0.4) is 0 Å². The van der Waals surface area contributed by atoms with Crippen molar-refractivity contribution in [3.8, 4) is 5.75 Å². The molecule has 0 aliphatic heterocycles. The van der Waals surface area contributed by atoms with Crippen LogP contribution in [0.4, 0.5) is 5.69 Å². The summed E-state index contributed by atoms with van der Waals surface area (Å²) in [5, 5.41) is 3.61. The zero-order valence-corrected chi connectivity index (χ0v) is 12.7. The molecule has 1 heterocycles. The molecule has 3 heteroatoms. The third-order valence-corrected chi connectivity index (χ3v) is 3.89. The number of rotatable bonds is 5. The van der Waals surface area contributed by atoms with Crippen LogP contribution < -0.4 is 10.1 Å². The number of benzene rings is 1. The van der Waals surface area contributed by atoms with Crippen molar-refractivity contribution in [1.29, 1.82) is 0 Å². The van der Waals surface area contributed by atoms with Gasteiger partial charge in [0.05, 0.1) is 24.0 Å². The molecule has 1 aromatic carbocycles. The summed E-state index contributed by atoms with van der Waals surface area (Å²) < 4.78 is 5.88. The van der Waals surface area contributed by atoms with E-state index in [-0.39, 0.29) is 6.04 Å². The highest BCUT2D eigenvalue weighted by molar-refractivity contribution is 5.59. The molecule has 0 amide bonds. The van der Waals surface area contributed by atoms with Crippen LogP contribution >= 0.6 is 0 Å². The topological polar surface area (TPSA) is 34.1 Å². The van der Waals surface area contributed by atoms with E-state index < -0.39 is 0 Å². The van der Waals surface area contributed by atoms with Crippen molar-refractivity contribution in [3.05, 3.63) is 53.3 Å². The van der Waals surface area contributed by atoms with Crippen LogP contribution in [0.1, 0.15) is 42.6 Å². The number of aryl methyl sites for hydroxylation is 2. The third-order valence-electron chi connectivity index (χ3n) is 3.89. The van der Waals surface area contributed by atoms with Crippen molar-refractivity contribution < 1.29 is 4.74 Å². The van der Waals surface area contributed by atoms with Crippen molar-refractivity contribution in [2.24, 2.45) is 0 Å². The highest BCUT2D eigenvalue weighted by Crippen LogP contribution is 2.35. The zero-order chi connectivity index (χ0) is 14.7. The summed E-state index contributed by atoms with van der Waals surface area (Å²) in [6.45, 7) is 4.96. The molecule has 3 nitrogen and oxygen atoms in total. The summed E-state index contributed by atoms with van der Waals surface area (Å²) >= 11 is 0. The molecular formula is C18H22N2O. The summed E-state index contributed by atoms with van der Waals surface area (Å²) in [5.41, 5.74) is 4.83. The molecule has 110 valence electrons. The van der Waals surface area contributed by atoms with Crippen molar-refractivity contribution >= 4 is 5.69 Å². The summed E-state index contributed by atoms with van der Waals surface area (Å²) in [6, 6.07) is 10.8. The van der Waals surface area contributed by atoms with E-state index in [0.29, 0.717) is 0 Å². The van der Waals surface area contributed by atoms with Crippen LogP contribution in [0.15, 0.2) is 36.5 Å². The average Bonchev–Trinajstić information content (AvgIpc) is 2.91. The molecule has 1 aliphatic carbocycles. The van der Waals surface area contributed by atoms with Gasteiger partial charge in [-0.2, -0.15) is 0 Å². The summed E-state index contributed by atoms with van der Waals surface area (Å²) in [7, 11) is 0. The molecular weight excluding hydrogens is 260 g/mol. The summed E-state index contributed by atoms with van der Waals surface area (Å²) in [4.78, 5) is 4.54. The molecule has 0 saturated heterocycles. The Balaban J connectivity index is 1.82. The molecule has 0 fully saturated rings. The minimum Gasteiger partial charge on any atom is -0.491 e. The second-order valence-corrected chi connectivity index (χ2v) is 5.63. The van der Waals surface area contributed by atoms with Gasteiger partial charge in [0.1, 0.15) is 5.75 Å². The number of pyridine rings is 1. The van der Waals surface area contributed by atoms with Gasteiger partial charge in [0.25, 0.3) is 0 Å². The van der Waals surface area contributed by atoms with E-state index in [1.165, 1.54) is 16.8 Å². The van der Waals surface area contributed by atoms with Gasteiger partial charge >= 0.3 is 0 Å². The summed E-state index contributed by atoms with van der Waals surface area (Å²) in [6.07, 6.45) is 5.08. The maximum Gasteiger partial charge on any atom is 0.142 e. The minimum absolute atomic E-state index is 0.285. The normalized spacial score (nSPS) is 16.6. The maximum absolute atomic E-state index is 5.88. The molecule has 1 aromatic heterocycles. The Morgan fingerprint density at radius 3 is 3.10 bits per heavy atom. The van der Waals surface area contributed by atoms with Gasteiger partial charge in [-0.05, 0) is 55.5 Å². The number of fused-ring (bicyclic) bond motifs is 1. The highest BCUT2D eigenvalue weighted by Gasteiger charge is 2.24. The van der Waals surface area contributed by atoms with Crippen LogP contribution in [0.2, 0.25) is 0 Å². The van der Waals surface area contributed by atoms with Crippen molar-refractivity contribution in [2.75, 3.05) is 11.9 Å². The molecule has 1 N–H and O–H groups in total. The SMILES string of the molecule is CCCOc1cc(C)ccc1NC1CCc2cccnc21. The first kappa shape index (κ1) is 13.9. The monoisotopic (exact) mass is 282 g/mol. The van der Waals surface area contributed by atoms with Gasteiger partial charge in [-0.25, -0.2) is 0 Å². The number of anilines is 1. The third kappa shape index (κ3) is 3.02. The number of nitrogens with one attached hydrogen (secondary N) is 1. The van der Waals surface area contributed by atoms with E-state index in [1.54, 1.807) is 0 Å². The van der Waals surface area contributed by atoms with E-state index in [1.807, 2.05) is 12.3 Å². The molecule has 0 radical (unpaired) electrons. The zero-order valence-electron chi connectivity index (χ0n) is 12.7. The Hall–Kier alpha value is -2.03. The smallest absolute Gasteiger partial charge is 0.142 e. The quantitative estimate of drug-likeness (QED) is 0.889. The predicted molar refractivity (Wildman–Crippen MR) is 85.9 cm³/mol. The van der Waals surface area contributed by atoms with Crippen LogP contribution in [0.5, 0.6) is 5.75 Å². The van der Waals surface area contributed by atoms with E-state index in [0.717, 1.165) is 37.3 Å². The number of aromatic nitrogens is 1. The van der Waals surface area contributed by atoms with Crippen molar-refractivity contribution in [3.63, 3.8) is 0 Å². The number of hydrogen-bond acceptors (Lipinski definition) is 3. The molecule has 0 saturated carbocycles. The first-order valence-corrected chi connectivity index (χ1v) is 7.71. The fourth-order valence-corrected chi connectivity index (χ4v) is 2.82. The van der Waals surface area contributed by atoms with E-state index >= 15 is 0 Å². The van der Waals surface area contributed by atoms with Gasteiger partial charge in [-0.3, -0.25) is 4.98 Å². The largest absolute Gasteiger partial charge is 0.491 e. The van der Waals surface area contributed by atoms with Gasteiger partial charge in [0.15, 0.2) is 0 Å². The lowest BCUT2D eigenvalue weighted by atomic mass is 10.1. The maximum atomic E-state index is 5.88.